The molecule has 4 rings (SSSR count). The van der Waals surface area contributed by atoms with Crippen LogP contribution < -0.4 is 4.74 Å². The Hall–Kier alpha value is -2.78. The van der Waals surface area contributed by atoms with Crippen molar-refractivity contribution in [1.29, 1.82) is 0 Å². The number of nitrogens with zero attached hydrogens (tertiary/aromatic N) is 4. The number of aromatic nitrogens is 3. The fraction of sp³-hybridized carbons (Fsp3) is 0.263. The minimum Gasteiger partial charge on any atom is -0.474 e. The highest BCUT2D eigenvalue weighted by molar-refractivity contribution is 7.89. The second-order valence-electron chi connectivity index (χ2n) is 6.46. The molecule has 1 aromatic carbocycles. The highest BCUT2D eigenvalue weighted by atomic mass is 32.2. The molecule has 3 heterocycles. The van der Waals surface area contributed by atoms with Crippen molar-refractivity contribution in [1.82, 2.24) is 19.1 Å². The minimum atomic E-state index is -3.58. The van der Waals surface area contributed by atoms with Crippen molar-refractivity contribution in [2.45, 2.75) is 23.8 Å². The summed E-state index contributed by atoms with van der Waals surface area (Å²) in [7, 11) is -3.58. The number of hydrogen-bond donors (Lipinski definition) is 0. The molecule has 9 heteroatoms. The number of hydrogen-bond acceptors (Lipinski definition) is 5. The number of ether oxygens (including phenoxy) is 1. The molecule has 2 aromatic heterocycles. The molecule has 146 valence electrons. The molecule has 0 aliphatic carbocycles. The molecule has 1 fully saturated rings. The molecule has 28 heavy (non-hydrogen) atoms. The monoisotopic (exact) mass is 402 g/mol. The van der Waals surface area contributed by atoms with Crippen LogP contribution in [0.25, 0.3) is 5.69 Å². The zero-order valence-corrected chi connectivity index (χ0v) is 15.8. The van der Waals surface area contributed by atoms with Gasteiger partial charge in [-0.3, -0.25) is 0 Å². The van der Waals surface area contributed by atoms with Gasteiger partial charge in [-0.05, 0) is 49.2 Å². The number of benzene rings is 1. The summed E-state index contributed by atoms with van der Waals surface area (Å²) in [5.41, 5.74) is 0.790. The molecule has 1 aliphatic heterocycles. The smallest absolute Gasteiger partial charge is 0.243 e. The zero-order valence-electron chi connectivity index (χ0n) is 15.0. The number of halogens is 1. The van der Waals surface area contributed by atoms with Gasteiger partial charge in [-0.2, -0.15) is 18.8 Å². The van der Waals surface area contributed by atoms with E-state index in [2.05, 4.69) is 10.1 Å². The Bertz CT molecular complexity index is 1030. The van der Waals surface area contributed by atoms with E-state index >= 15 is 0 Å². The van der Waals surface area contributed by atoms with Crippen LogP contribution in [-0.2, 0) is 10.0 Å². The van der Waals surface area contributed by atoms with E-state index in [4.69, 9.17) is 4.74 Å². The predicted molar refractivity (Wildman–Crippen MR) is 100 cm³/mol. The Morgan fingerprint density at radius 2 is 1.79 bits per heavy atom. The van der Waals surface area contributed by atoms with Crippen LogP contribution in [0.1, 0.15) is 12.8 Å². The van der Waals surface area contributed by atoms with E-state index in [1.54, 1.807) is 53.5 Å². The van der Waals surface area contributed by atoms with Crippen LogP contribution in [0.2, 0.25) is 0 Å². The van der Waals surface area contributed by atoms with Gasteiger partial charge in [-0.25, -0.2) is 13.1 Å². The molecule has 0 amide bonds. The second-order valence-corrected chi connectivity index (χ2v) is 8.40. The van der Waals surface area contributed by atoms with Gasteiger partial charge in [0.15, 0.2) is 0 Å². The first kappa shape index (κ1) is 18.6. The summed E-state index contributed by atoms with van der Waals surface area (Å²) in [5, 5.41) is 4.13. The first-order chi connectivity index (χ1) is 13.5. The van der Waals surface area contributed by atoms with E-state index in [1.807, 2.05) is 0 Å². The molecule has 1 aliphatic rings. The van der Waals surface area contributed by atoms with Gasteiger partial charge in [0.1, 0.15) is 6.10 Å². The van der Waals surface area contributed by atoms with Crippen molar-refractivity contribution in [3.63, 3.8) is 0 Å². The van der Waals surface area contributed by atoms with Crippen LogP contribution in [0.5, 0.6) is 5.88 Å². The molecule has 0 radical (unpaired) electrons. The third-order valence-electron chi connectivity index (χ3n) is 4.62. The molecule has 0 N–H and O–H groups in total. The molecule has 0 saturated carbocycles. The average Bonchev–Trinajstić information content (AvgIpc) is 3.23. The normalized spacial score (nSPS) is 16.2. The van der Waals surface area contributed by atoms with E-state index in [-0.39, 0.29) is 16.9 Å². The number of pyridine rings is 1. The lowest BCUT2D eigenvalue weighted by Crippen LogP contribution is -2.41. The first-order valence-electron chi connectivity index (χ1n) is 8.92. The van der Waals surface area contributed by atoms with Gasteiger partial charge in [0.05, 0.1) is 10.6 Å². The lowest BCUT2D eigenvalue weighted by molar-refractivity contribution is 0.128. The van der Waals surface area contributed by atoms with E-state index in [9.17, 15) is 12.8 Å². The van der Waals surface area contributed by atoms with E-state index in [0.717, 1.165) is 5.69 Å². The molecule has 3 aromatic rings. The second kappa shape index (κ2) is 7.69. The molecular formula is C19H19FN4O3S. The summed E-state index contributed by atoms with van der Waals surface area (Å²) in [6, 6.07) is 12.8. The van der Waals surface area contributed by atoms with Crippen LogP contribution in [-0.4, -0.2) is 46.7 Å². The lowest BCUT2D eigenvalue weighted by atomic mass is 10.1. The van der Waals surface area contributed by atoms with Gasteiger partial charge in [0.25, 0.3) is 0 Å². The van der Waals surface area contributed by atoms with E-state index in [0.29, 0.717) is 25.9 Å². The summed E-state index contributed by atoms with van der Waals surface area (Å²) >= 11 is 0. The van der Waals surface area contributed by atoms with Gasteiger partial charge in [-0.15, -0.1) is 0 Å². The summed E-state index contributed by atoms with van der Waals surface area (Å²) in [6.07, 6.45) is 4.30. The third kappa shape index (κ3) is 3.90. The maximum atomic E-state index is 13.2. The predicted octanol–water partition coefficient (Wildman–Crippen LogP) is 2.64. The van der Waals surface area contributed by atoms with Crippen LogP contribution in [0.3, 0.4) is 0 Å². The Kier molecular flexibility index (Phi) is 5.10. The quantitative estimate of drug-likeness (QED) is 0.613. The Balaban J connectivity index is 1.40. The van der Waals surface area contributed by atoms with Crippen molar-refractivity contribution in [2.75, 3.05) is 13.1 Å². The van der Waals surface area contributed by atoms with E-state index in [1.165, 1.54) is 16.4 Å². The molecule has 1 saturated heterocycles. The summed E-state index contributed by atoms with van der Waals surface area (Å²) in [5.74, 6) is -0.383. The third-order valence-corrected chi connectivity index (χ3v) is 6.53. The molecule has 0 bridgehead atoms. The molecule has 0 atom stereocenters. The van der Waals surface area contributed by atoms with Crippen LogP contribution >= 0.6 is 0 Å². The van der Waals surface area contributed by atoms with Gasteiger partial charge >= 0.3 is 0 Å². The fourth-order valence-electron chi connectivity index (χ4n) is 3.16. The number of sulfonamides is 1. The minimum absolute atomic E-state index is 0.192. The van der Waals surface area contributed by atoms with Crippen molar-refractivity contribution in [3.8, 4) is 11.6 Å². The van der Waals surface area contributed by atoms with Gasteiger partial charge in [-0.1, -0.05) is 6.07 Å². The van der Waals surface area contributed by atoms with Gasteiger partial charge in [0.2, 0.25) is 21.9 Å². The first-order valence-corrected chi connectivity index (χ1v) is 10.4. The topological polar surface area (TPSA) is 77.3 Å². The lowest BCUT2D eigenvalue weighted by Gasteiger charge is -2.31. The van der Waals surface area contributed by atoms with Crippen LogP contribution in [0.15, 0.2) is 65.8 Å². The Morgan fingerprint density at radius 3 is 2.43 bits per heavy atom. The number of rotatable bonds is 5. The van der Waals surface area contributed by atoms with Crippen molar-refractivity contribution >= 4 is 10.0 Å². The highest BCUT2D eigenvalue weighted by Gasteiger charge is 2.30. The fourth-order valence-corrected chi connectivity index (χ4v) is 4.63. The Labute approximate surface area is 162 Å². The summed E-state index contributed by atoms with van der Waals surface area (Å²) in [6.45, 7) is 0.673. The maximum Gasteiger partial charge on any atom is 0.243 e. The van der Waals surface area contributed by atoms with Gasteiger partial charge in [0, 0.05) is 31.5 Å². The van der Waals surface area contributed by atoms with Crippen molar-refractivity contribution in [2.24, 2.45) is 0 Å². The van der Waals surface area contributed by atoms with E-state index < -0.39 is 16.0 Å². The largest absolute Gasteiger partial charge is 0.474 e. The SMILES string of the molecule is O=S(=O)(c1ccc(-n2cccn2)cc1)N1CCC(Oc2cccc(F)n2)CC1. The standard InChI is InChI=1S/C19H19FN4O3S/c20-18-3-1-4-19(22-18)27-16-9-13-23(14-10-16)28(25,26)17-7-5-15(6-8-17)24-12-2-11-21-24/h1-8,11-12,16H,9-10,13-14H2. The van der Waals surface area contributed by atoms with Crippen LogP contribution in [0, 0.1) is 5.95 Å². The van der Waals surface area contributed by atoms with Gasteiger partial charge < -0.3 is 4.74 Å². The highest BCUT2D eigenvalue weighted by Crippen LogP contribution is 2.24. The van der Waals surface area contributed by atoms with Crippen molar-refractivity contribution < 1.29 is 17.5 Å². The zero-order chi connectivity index (χ0) is 19.6. The average molecular weight is 402 g/mol. The maximum absolute atomic E-state index is 13.2. The molecule has 0 unspecified atom stereocenters. The molecule has 0 spiro atoms. The van der Waals surface area contributed by atoms with Crippen molar-refractivity contribution in [3.05, 3.63) is 66.9 Å². The number of piperidine rings is 1. The Morgan fingerprint density at radius 1 is 1.04 bits per heavy atom. The summed E-state index contributed by atoms with van der Waals surface area (Å²) in [4.78, 5) is 3.93. The molecule has 7 nitrogen and oxygen atoms in total. The summed E-state index contributed by atoms with van der Waals surface area (Å²) < 4.78 is 47.7. The molecular weight excluding hydrogens is 383 g/mol. The van der Waals surface area contributed by atoms with Crippen LogP contribution in [0.4, 0.5) is 4.39 Å².